The molecule has 0 atom stereocenters. The molecule has 0 aliphatic heterocycles. The number of nitrogens with two attached hydrogens (primary N) is 1. The number of amidine groups is 1. The zero-order valence-corrected chi connectivity index (χ0v) is 13.7. The Labute approximate surface area is 128 Å². The minimum atomic E-state index is -0.900. The first kappa shape index (κ1) is 19.7. The van der Waals surface area contributed by atoms with E-state index in [1.165, 1.54) is 0 Å². The summed E-state index contributed by atoms with van der Waals surface area (Å²) in [6, 6.07) is 0. The lowest BCUT2D eigenvalue weighted by Gasteiger charge is -2.30. The summed E-state index contributed by atoms with van der Waals surface area (Å²) in [4.78, 5) is 12.5. The lowest BCUT2D eigenvalue weighted by Crippen LogP contribution is -2.50. The van der Waals surface area contributed by atoms with E-state index in [9.17, 15) is 4.79 Å². The number of amides is 1. The lowest BCUT2D eigenvalue weighted by molar-refractivity contribution is -0.128. The quantitative estimate of drug-likeness (QED) is 0.169. The number of hydrogen-bond donors (Lipinski definition) is 3. The molecular formula is C15H31N3O3. The molecule has 4 N–H and O–H groups in total. The molecule has 1 amide bonds. The maximum absolute atomic E-state index is 12.5. The van der Waals surface area contributed by atoms with Crippen LogP contribution in [0.2, 0.25) is 0 Å². The molecule has 124 valence electrons. The van der Waals surface area contributed by atoms with Gasteiger partial charge in [0.1, 0.15) is 5.41 Å². The molecule has 0 saturated heterocycles. The second kappa shape index (κ2) is 11.4. The average molecular weight is 301 g/mol. The predicted molar refractivity (Wildman–Crippen MR) is 84.4 cm³/mol. The van der Waals surface area contributed by atoms with Crippen LogP contribution < -0.4 is 11.1 Å². The van der Waals surface area contributed by atoms with Crippen LogP contribution >= 0.6 is 0 Å². The summed E-state index contributed by atoms with van der Waals surface area (Å²) in [7, 11) is 0. The Morgan fingerprint density at radius 2 is 1.81 bits per heavy atom. The number of nitrogens with one attached hydrogen (secondary N) is 1. The van der Waals surface area contributed by atoms with Gasteiger partial charge in [0.15, 0.2) is 5.84 Å². The summed E-state index contributed by atoms with van der Waals surface area (Å²) in [6.07, 6.45) is 4.50. The van der Waals surface area contributed by atoms with Crippen molar-refractivity contribution < 1.29 is 14.7 Å². The van der Waals surface area contributed by atoms with E-state index in [0.29, 0.717) is 26.0 Å². The van der Waals surface area contributed by atoms with E-state index in [1.807, 2.05) is 13.8 Å². The molecule has 0 aromatic carbocycles. The number of carbonyl (C=O) groups excluding carboxylic acids is 1. The normalized spacial score (nSPS) is 12.4. The summed E-state index contributed by atoms with van der Waals surface area (Å²) >= 11 is 0. The van der Waals surface area contributed by atoms with Gasteiger partial charge < -0.3 is 21.0 Å². The van der Waals surface area contributed by atoms with Gasteiger partial charge in [-0.25, -0.2) is 0 Å². The van der Waals surface area contributed by atoms with Crippen molar-refractivity contribution in [2.45, 2.75) is 59.3 Å². The first-order valence-corrected chi connectivity index (χ1v) is 7.93. The van der Waals surface area contributed by atoms with Crippen molar-refractivity contribution in [1.29, 1.82) is 0 Å². The molecule has 0 rings (SSSR count). The Kier molecular flexibility index (Phi) is 10.7. The molecule has 0 radical (unpaired) electrons. The molecule has 0 aromatic rings. The highest BCUT2D eigenvalue weighted by Gasteiger charge is 2.41. The van der Waals surface area contributed by atoms with Crippen molar-refractivity contribution in [2.75, 3.05) is 19.8 Å². The zero-order valence-electron chi connectivity index (χ0n) is 13.7. The molecule has 0 aromatic heterocycles. The van der Waals surface area contributed by atoms with Crippen LogP contribution in [0.1, 0.15) is 59.3 Å². The van der Waals surface area contributed by atoms with Gasteiger partial charge in [0, 0.05) is 19.8 Å². The number of nitrogens with zero attached hydrogens (tertiary/aromatic N) is 1. The molecule has 6 heteroatoms. The van der Waals surface area contributed by atoms with Gasteiger partial charge in [-0.2, -0.15) is 0 Å². The van der Waals surface area contributed by atoms with Crippen molar-refractivity contribution in [3.63, 3.8) is 0 Å². The van der Waals surface area contributed by atoms with Gasteiger partial charge in [-0.15, -0.1) is 0 Å². The lowest BCUT2D eigenvalue weighted by atomic mass is 9.77. The van der Waals surface area contributed by atoms with E-state index in [4.69, 9.17) is 15.7 Å². The van der Waals surface area contributed by atoms with Gasteiger partial charge in [0.2, 0.25) is 5.91 Å². The molecule has 0 spiro atoms. The third kappa shape index (κ3) is 6.33. The standard InChI is InChI=1S/C15H31N3O3/c1-4-8-15(9-5-2,13(16)18-20)14(19)17-10-7-12-21-11-6-3/h20H,4-12H2,1-3H3,(H2,16,18)(H,17,19). The number of oxime groups is 1. The van der Waals surface area contributed by atoms with Crippen LogP contribution in [0.25, 0.3) is 0 Å². The number of carbonyl (C=O) groups is 1. The van der Waals surface area contributed by atoms with Gasteiger partial charge in [0.05, 0.1) is 0 Å². The third-order valence-corrected chi connectivity index (χ3v) is 3.49. The van der Waals surface area contributed by atoms with Crippen LogP contribution in [0.4, 0.5) is 0 Å². The van der Waals surface area contributed by atoms with Gasteiger partial charge >= 0.3 is 0 Å². The second-order valence-electron chi connectivity index (χ2n) is 5.29. The van der Waals surface area contributed by atoms with Crippen LogP contribution in [0.15, 0.2) is 5.16 Å². The maximum atomic E-state index is 12.5. The summed E-state index contributed by atoms with van der Waals surface area (Å²) in [5.41, 5.74) is 4.91. The van der Waals surface area contributed by atoms with E-state index in [2.05, 4.69) is 17.4 Å². The molecule has 0 aliphatic rings. The van der Waals surface area contributed by atoms with Crippen LogP contribution in [0, 0.1) is 5.41 Å². The van der Waals surface area contributed by atoms with Gasteiger partial charge in [-0.3, -0.25) is 4.79 Å². The van der Waals surface area contributed by atoms with Crippen LogP contribution in [-0.2, 0) is 9.53 Å². The Morgan fingerprint density at radius 3 is 2.29 bits per heavy atom. The monoisotopic (exact) mass is 301 g/mol. The summed E-state index contributed by atoms with van der Waals surface area (Å²) in [5.74, 6) is -0.150. The fourth-order valence-corrected chi connectivity index (χ4v) is 2.47. The highest BCUT2D eigenvalue weighted by molar-refractivity contribution is 6.06. The number of hydrogen-bond acceptors (Lipinski definition) is 4. The van der Waals surface area contributed by atoms with Crippen LogP contribution in [-0.4, -0.2) is 36.7 Å². The van der Waals surface area contributed by atoms with E-state index in [1.54, 1.807) is 0 Å². The summed E-state index contributed by atoms with van der Waals surface area (Å²) in [5, 5.41) is 15.0. The Hall–Kier alpha value is -1.30. The minimum absolute atomic E-state index is 0.00549. The first-order valence-electron chi connectivity index (χ1n) is 7.93. The molecule has 0 heterocycles. The number of rotatable bonds is 12. The van der Waals surface area contributed by atoms with Crippen molar-refractivity contribution >= 4 is 11.7 Å². The molecule has 0 aliphatic carbocycles. The molecule has 0 bridgehead atoms. The van der Waals surface area contributed by atoms with E-state index in [0.717, 1.165) is 32.3 Å². The van der Waals surface area contributed by atoms with Gasteiger partial charge in [0.25, 0.3) is 0 Å². The Balaban J connectivity index is 4.57. The predicted octanol–water partition coefficient (Wildman–Crippen LogP) is 2.25. The molecule has 0 saturated carbocycles. The number of ether oxygens (including phenoxy) is 1. The van der Waals surface area contributed by atoms with E-state index in [-0.39, 0.29) is 11.7 Å². The van der Waals surface area contributed by atoms with E-state index < -0.39 is 5.41 Å². The van der Waals surface area contributed by atoms with Crippen molar-refractivity contribution in [3.8, 4) is 0 Å². The molecule has 0 fully saturated rings. The van der Waals surface area contributed by atoms with Crippen molar-refractivity contribution in [1.82, 2.24) is 5.32 Å². The summed E-state index contributed by atoms with van der Waals surface area (Å²) < 4.78 is 5.37. The first-order chi connectivity index (χ1) is 10.1. The van der Waals surface area contributed by atoms with E-state index >= 15 is 0 Å². The molecule has 6 nitrogen and oxygen atoms in total. The van der Waals surface area contributed by atoms with Crippen molar-refractivity contribution in [2.24, 2.45) is 16.3 Å². The minimum Gasteiger partial charge on any atom is -0.409 e. The molecule has 21 heavy (non-hydrogen) atoms. The zero-order chi connectivity index (χ0) is 16.1. The molecular weight excluding hydrogens is 270 g/mol. The Bertz CT molecular complexity index is 313. The third-order valence-electron chi connectivity index (χ3n) is 3.49. The second-order valence-corrected chi connectivity index (χ2v) is 5.29. The van der Waals surface area contributed by atoms with Gasteiger partial charge in [-0.1, -0.05) is 38.8 Å². The Morgan fingerprint density at radius 1 is 1.19 bits per heavy atom. The van der Waals surface area contributed by atoms with Crippen molar-refractivity contribution in [3.05, 3.63) is 0 Å². The topological polar surface area (TPSA) is 96.9 Å². The average Bonchev–Trinajstić information content (AvgIpc) is 2.49. The van der Waals surface area contributed by atoms with Crippen LogP contribution in [0.5, 0.6) is 0 Å². The fourth-order valence-electron chi connectivity index (χ4n) is 2.47. The maximum Gasteiger partial charge on any atom is 0.233 e. The fraction of sp³-hybridized carbons (Fsp3) is 0.867. The van der Waals surface area contributed by atoms with Gasteiger partial charge in [-0.05, 0) is 25.7 Å². The SMILES string of the molecule is CCCOCCCNC(=O)C(CCC)(CCC)C(N)=NO. The molecule has 0 unspecified atom stereocenters. The highest BCUT2D eigenvalue weighted by Crippen LogP contribution is 2.30. The smallest absolute Gasteiger partial charge is 0.233 e. The largest absolute Gasteiger partial charge is 0.409 e. The highest BCUT2D eigenvalue weighted by atomic mass is 16.5. The summed E-state index contributed by atoms with van der Waals surface area (Å²) in [6.45, 7) is 7.95. The van der Waals surface area contributed by atoms with Crippen LogP contribution in [0.3, 0.4) is 0 Å².